The van der Waals surface area contributed by atoms with Gasteiger partial charge in [-0.05, 0) is 41.7 Å². The van der Waals surface area contributed by atoms with Crippen LogP contribution < -0.4 is 19.7 Å². The molecule has 1 amide bonds. The van der Waals surface area contributed by atoms with Crippen LogP contribution in [-0.2, 0) is 16.8 Å². The van der Waals surface area contributed by atoms with E-state index in [-0.39, 0.29) is 42.5 Å². The molecule has 1 aliphatic heterocycles. The Morgan fingerprint density at radius 3 is 2.41 bits per heavy atom. The molecule has 3 N–H and O–H groups in total. The number of benzene rings is 2. The first kappa shape index (κ1) is 29.5. The third-order valence-corrected chi connectivity index (χ3v) is 6.63. The largest absolute Gasteiger partial charge is 0.493 e. The zero-order chi connectivity index (χ0) is 29.1. The molecule has 0 fully saturated rings. The van der Waals surface area contributed by atoms with Crippen LogP contribution in [0.1, 0.15) is 71.0 Å². The van der Waals surface area contributed by atoms with Gasteiger partial charge < -0.3 is 29.7 Å². The lowest BCUT2D eigenvalue weighted by Crippen LogP contribution is -2.30. The van der Waals surface area contributed by atoms with Gasteiger partial charge in [0, 0.05) is 56.5 Å². The molecule has 0 radical (unpaired) electrons. The summed E-state index contributed by atoms with van der Waals surface area (Å²) in [7, 11) is 6.78. The third kappa shape index (κ3) is 6.50. The van der Waals surface area contributed by atoms with Gasteiger partial charge in [-0.25, -0.2) is 0 Å². The molecule has 0 spiro atoms. The Hall–Kier alpha value is -4.08. The molecule has 0 bridgehead atoms. The molecule has 1 aliphatic rings. The summed E-state index contributed by atoms with van der Waals surface area (Å²) in [5, 5.41) is 20.3. The average molecular weight is 539 g/mol. The average Bonchev–Trinajstić information content (AvgIpc) is 3.18. The molecule has 2 aromatic carbocycles. The van der Waals surface area contributed by atoms with Crippen molar-refractivity contribution in [3.05, 3.63) is 52.1 Å². The molecule has 0 atom stereocenters. The van der Waals surface area contributed by atoms with Crippen LogP contribution in [-0.4, -0.2) is 74.9 Å². The van der Waals surface area contributed by atoms with E-state index in [2.05, 4.69) is 5.32 Å². The zero-order valence-corrected chi connectivity index (χ0v) is 23.7. The summed E-state index contributed by atoms with van der Waals surface area (Å²) in [4.78, 5) is 40.4. The minimum Gasteiger partial charge on any atom is -0.493 e. The van der Waals surface area contributed by atoms with Crippen molar-refractivity contribution in [2.45, 2.75) is 45.6 Å². The van der Waals surface area contributed by atoms with Crippen molar-refractivity contribution in [3.8, 4) is 11.5 Å². The number of hydrogen-bond acceptors (Lipinski definition) is 7. The van der Waals surface area contributed by atoms with Gasteiger partial charge in [0.25, 0.3) is 5.91 Å². The fourth-order valence-electron chi connectivity index (χ4n) is 4.54. The zero-order valence-electron chi connectivity index (χ0n) is 23.7. The quantitative estimate of drug-likeness (QED) is 0.292. The second kappa shape index (κ2) is 11.8. The standard InChI is InChI=1S/C29H38N4O6/c1-29(2,3)21-11-17(13-24(38-7)26(21)39-10-8-9-25(35)36)23(34)16-33-15-18-12-22(32(5)6)20(28(37)31-4)14-19(18)27(33)30/h11-14,30H,8-10,15-16H2,1-7H3,(H,31,37)(H,35,36). The van der Waals surface area contributed by atoms with Crippen LogP contribution in [0.5, 0.6) is 11.5 Å². The summed E-state index contributed by atoms with van der Waals surface area (Å²) in [6, 6.07) is 7.03. The number of hydrogen-bond donors (Lipinski definition) is 3. The Kier molecular flexibility index (Phi) is 8.88. The summed E-state index contributed by atoms with van der Waals surface area (Å²) in [5.74, 6) is -0.239. The number of fused-ring (bicyclic) bond motifs is 1. The van der Waals surface area contributed by atoms with Gasteiger partial charge >= 0.3 is 5.97 Å². The first-order chi connectivity index (χ1) is 18.3. The van der Waals surface area contributed by atoms with E-state index in [0.29, 0.717) is 41.2 Å². The number of nitrogens with zero attached hydrogens (tertiary/aromatic N) is 2. The number of nitrogens with one attached hydrogen (secondary N) is 2. The van der Waals surface area contributed by atoms with E-state index in [9.17, 15) is 14.4 Å². The second-order valence-electron chi connectivity index (χ2n) is 10.8. The van der Waals surface area contributed by atoms with E-state index in [1.165, 1.54) is 7.11 Å². The van der Waals surface area contributed by atoms with E-state index in [4.69, 9.17) is 20.0 Å². The van der Waals surface area contributed by atoms with Crippen LogP contribution in [0.15, 0.2) is 24.3 Å². The SMILES string of the molecule is CNC(=O)c1cc2c(cc1N(C)C)CN(CC(=O)c1cc(OC)c(OCCCC(=O)O)c(C(C)(C)C)c1)C2=N. The van der Waals surface area contributed by atoms with E-state index in [1.807, 2.05) is 45.8 Å². The van der Waals surface area contributed by atoms with Gasteiger partial charge in [0.1, 0.15) is 5.84 Å². The van der Waals surface area contributed by atoms with Crippen LogP contribution in [0.25, 0.3) is 0 Å². The van der Waals surface area contributed by atoms with Crippen LogP contribution in [0.4, 0.5) is 5.69 Å². The minimum atomic E-state index is -0.889. The third-order valence-electron chi connectivity index (χ3n) is 6.63. The van der Waals surface area contributed by atoms with Crippen molar-refractivity contribution in [3.63, 3.8) is 0 Å². The molecule has 10 nitrogen and oxygen atoms in total. The molecule has 2 aromatic rings. The lowest BCUT2D eigenvalue weighted by atomic mass is 9.84. The lowest BCUT2D eigenvalue weighted by Gasteiger charge is -2.26. The molecule has 0 aromatic heterocycles. The highest BCUT2D eigenvalue weighted by molar-refractivity contribution is 6.08. The molecule has 10 heteroatoms. The van der Waals surface area contributed by atoms with Crippen molar-refractivity contribution >= 4 is 29.2 Å². The maximum absolute atomic E-state index is 13.5. The number of carboxylic acid groups (broad SMARTS) is 1. The number of carbonyl (C=O) groups is 3. The van der Waals surface area contributed by atoms with E-state index >= 15 is 0 Å². The number of rotatable bonds is 11. The Balaban J connectivity index is 1.89. The molecular formula is C29H38N4O6. The number of anilines is 1. The summed E-state index contributed by atoms with van der Waals surface area (Å²) >= 11 is 0. The number of ketones is 1. The van der Waals surface area contributed by atoms with Gasteiger partial charge in [-0.3, -0.25) is 19.8 Å². The monoisotopic (exact) mass is 538 g/mol. The maximum Gasteiger partial charge on any atom is 0.303 e. The van der Waals surface area contributed by atoms with Crippen molar-refractivity contribution in [2.24, 2.45) is 0 Å². The summed E-state index contributed by atoms with van der Waals surface area (Å²) in [5.41, 5.74) is 3.53. The number of amides is 1. The van der Waals surface area contributed by atoms with Gasteiger partial charge in [-0.15, -0.1) is 0 Å². The van der Waals surface area contributed by atoms with Crippen molar-refractivity contribution in [1.29, 1.82) is 5.41 Å². The normalized spacial score (nSPS) is 12.7. The summed E-state index contributed by atoms with van der Waals surface area (Å²) < 4.78 is 11.5. The van der Waals surface area contributed by atoms with Crippen molar-refractivity contribution in [1.82, 2.24) is 10.2 Å². The Morgan fingerprint density at radius 1 is 1.15 bits per heavy atom. The van der Waals surface area contributed by atoms with Crippen molar-refractivity contribution in [2.75, 3.05) is 46.3 Å². The van der Waals surface area contributed by atoms with Crippen LogP contribution >= 0.6 is 0 Å². The fourth-order valence-corrected chi connectivity index (χ4v) is 4.54. The molecule has 39 heavy (non-hydrogen) atoms. The van der Waals surface area contributed by atoms with E-state index < -0.39 is 5.97 Å². The van der Waals surface area contributed by atoms with Crippen LogP contribution in [0.2, 0.25) is 0 Å². The minimum absolute atomic E-state index is 0.00539. The van der Waals surface area contributed by atoms with Crippen LogP contribution in [0.3, 0.4) is 0 Å². The summed E-state index contributed by atoms with van der Waals surface area (Å²) in [6.07, 6.45) is 0.339. The first-order valence-corrected chi connectivity index (χ1v) is 12.8. The number of Topliss-reactive ketones (excluding diaryl/α,β-unsaturated/α-hetero) is 1. The Bertz CT molecular complexity index is 1300. The van der Waals surface area contributed by atoms with Crippen molar-refractivity contribution < 1.29 is 29.0 Å². The highest BCUT2D eigenvalue weighted by Crippen LogP contribution is 2.40. The number of carboxylic acids is 1. The number of amidine groups is 1. The predicted molar refractivity (Wildman–Crippen MR) is 150 cm³/mol. The number of methoxy groups -OCH3 is 1. The highest BCUT2D eigenvalue weighted by Gasteiger charge is 2.30. The molecule has 0 aliphatic carbocycles. The highest BCUT2D eigenvalue weighted by atomic mass is 16.5. The molecule has 0 saturated heterocycles. The lowest BCUT2D eigenvalue weighted by molar-refractivity contribution is -0.137. The Labute approximate surface area is 229 Å². The van der Waals surface area contributed by atoms with E-state index in [0.717, 1.165) is 16.8 Å². The smallest absolute Gasteiger partial charge is 0.303 e. The van der Waals surface area contributed by atoms with Gasteiger partial charge in [-0.2, -0.15) is 0 Å². The van der Waals surface area contributed by atoms with Crippen LogP contribution in [0, 0.1) is 5.41 Å². The number of aliphatic carboxylic acids is 1. The van der Waals surface area contributed by atoms with Gasteiger partial charge in [-0.1, -0.05) is 20.8 Å². The molecule has 210 valence electrons. The predicted octanol–water partition coefficient (Wildman–Crippen LogP) is 3.69. The molecule has 1 heterocycles. The van der Waals surface area contributed by atoms with Gasteiger partial charge in [0.05, 0.1) is 25.8 Å². The molecule has 3 rings (SSSR count). The number of carbonyl (C=O) groups excluding carboxylic acids is 2. The molecule has 0 saturated carbocycles. The maximum atomic E-state index is 13.5. The second-order valence-corrected chi connectivity index (χ2v) is 10.8. The molecule has 0 unspecified atom stereocenters. The topological polar surface area (TPSA) is 132 Å². The van der Waals surface area contributed by atoms with Gasteiger partial charge in [0.15, 0.2) is 17.3 Å². The summed E-state index contributed by atoms with van der Waals surface area (Å²) in [6.45, 7) is 6.56. The van der Waals surface area contributed by atoms with E-state index in [1.54, 1.807) is 30.1 Å². The fraction of sp³-hybridized carbons (Fsp3) is 0.448. The van der Waals surface area contributed by atoms with Gasteiger partial charge in [0.2, 0.25) is 0 Å². The molecular weight excluding hydrogens is 500 g/mol. The Morgan fingerprint density at radius 2 is 1.85 bits per heavy atom. The first-order valence-electron chi connectivity index (χ1n) is 12.8. The number of ether oxygens (including phenoxy) is 2.